The molecule has 89 heavy (non-hydrogen) atoms. The SMILES string of the molecule is C=CC(=O)OCC(C)(COC(=O)C=C)NC(=O)OCC(COC(=O)C(F)(OC(F)(F)C(F)(OC(F)(F)C(F)(OC(F)(F)C(F)(OC(F)(F)C(C)(F)C(F)(F)F)C(F)(F)F)C(F)(F)F)C(F)(F)F)C(F)(F)F)OC(=O)NC(C)(COC(=O)C=C)COC(=O)C=C. The molecule has 2 N–H and O–H groups in total. The van der Waals surface area contributed by atoms with E-state index in [2.05, 4.69) is 59.5 Å². The first-order valence-electron chi connectivity index (χ1n) is 21.8. The summed E-state index contributed by atoms with van der Waals surface area (Å²) in [7, 11) is 0. The number of hydrogen-bond donors (Lipinski definition) is 2. The van der Waals surface area contributed by atoms with E-state index in [9.17, 15) is 135 Å². The number of alkyl halides is 28. The Balaban J connectivity index is 7.94. The molecule has 0 spiro atoms. The van der Waals surface area contributed by atoms with Gasteiger partial charge in [0.15, 0.2) is 6.10 Å². The molecule has 6 unspecified atom stereocenters. The lowest BCUT2D eigenvalue weighted by Crippen LogP contribution is -2.72. The summed E-state index contributed by atoms with van der Waals surface area (Å²) >= 11 is 0. The molecule has 0 bridgehead atoms. The summed E-state index contributed by atoms with van der Waals surface area (Å²) in [5, 5.41) is 3.43. The molecule has 0 aliphatic rings. The zero-order chi connectivity index (χ0) is 70.9. The average molecular weight is 1380 g/mol. The lowest BCUT2D eigenvalue weighted by Gasteiger charge is -2.44. The molecule has 0 aromatic heterocycles. The van der Waals surface area contributed by atoms with E-state index in [0.29, 0.717) is 24.3 Å². The molecule has 6 atom stereocenters. The second-order valence-corrected chi connectivity index (χ2v) is 17.2. The molecule has 0 aliphatic carbocycles. The maximum atomic E-state index is 15.7. The van der Waals surface area contributed by atoms with Crippen LogP contribution in [0.5, 0.6) is 0 Å². The summed E-state index contributed by atoms with van der Waals surface area (Å²) in [6.45, 7) is 2.61. The van der Waals surface area contributed by atoms with Crippen molar-refractivity contribution in [2.75, 3.05) is 39.6 Å². The van der Waals surface area contributed by atoms with Crippen molar-refractivity contribution in [1.29, 1.82) is 0 Å². The Kier molecular flexibility index (Phi) is 25.6. The molecule has 20 nitrogen and oxygen atoms in total. The summed E-state index contributed by atoms with van der Waals surface area (Å²) in [5.41, 5.74) is -11.6. The molecule has 0 saturated heterocycles. The van der Waals surface area contributed by atoms with E-state index in [0.717, 1.165) is 23.3 Å². The normalized spacial score (nSPS) is 17.2. The van der Waals surface area contributed by atoms with Crippen molar-refractivity contribution in [3.05, 3.63) is 50.6 Å². The van der Waals surface area contributed by atoms with Crippen molar-refractivity contribution in [2.24, 2.45) is 0 Å². The standard InChI is InChI=1S/C41H36F28N2O18/c1-8-19(72)81-14-26(5,15-82-20(73)9-2)70-24(77)80-13-18(85-25(78)71-27(6,16-83-21(74)10-3)17-84-22(75)11-4)12-79-23(76)29(43,34(50,51)52)86-39(64,65)30(44,35(53,54)55)88-41(68,69)32(46,37(59,60)61)89-40(66,67)31(45,36(56,57)58)87-38(62,63)28(7,42)33(47,48)49/h8-11,18H,1-4,12-17H2,5-7H3,(H,70,77)(H,71,78). The smallest absolute Gasteiger partial charge is 0.460 e. The highest BCUT2D eigenvalue weighted by molar-refractivity contribution is 5.83. The largest absolute Gasteiger partial charge is 0.460 e. The molecule has 0 rings (SSSR count). The predicted molar refractivity (Wildman–Crippen MR) is 220 cm³/mol. The Morgan fingerprint density at radius 2 is 0.629 bits per heavy atom. The molecule has 0 heterocycles. The molecular weight excluding hydrogens is 1340 g/mol. The monoisotopic (exact) mass is 1380 g/mol. The first-order valence-corrected chi connectivity index (χ1v) is 21.8. The van der Waals surface area contributed by atoms with Gasteiger partial charge in [0.25, 0.3) is 5.67 Å². The van der Waals surface area contributed by atoms with Gasteiger partial charge in [-0.2, -0.15) is 119 Å². The molecule has 0 aliphatic heterocycles. The van der Waals surface area contributed by atoms with Crippen LogP contribution < -0.4 is 10.6 Å². The molecular formula is C41H36F28N2O18. The van der Waals surface area contributed by atoms with E-state index in [1.807, 2.05) is 0 Å². The number of rotatable bonds is 32. The minimum absolute atomic E-state index is 0.448. The fourth-order valence-electron chi connectivity index (χ4n) is 4.87. The van der Waals surface area contributed by atoms with E-state index in [-0.39, 0.29) is 0 Å². The summed E-state index contributed by atoms with van der Waals surface area (Å²) in [5.74, 6) is -45.2. The molecule has 0 fully saturated rings. The lowest BCUT2D eigenvalue weighted by molar-refractivity contribution is -0.590. The van der Waals surface area contributed by atoms with Crippen LogP contribution in [0.15, 0.2) is 50.6 Å². The van der Waals surface area contributed by atoms with E-state index < -0.39 is 190 Å². The second-order valence-electron chi connectivity index (χ2n) is 17.2. The Morgan fingerprint density at radius 1 is 0.360 bits per heavy atom. The first kappa shape index (κ1) is 81.7. The van der Waals surface area contributed by atoms with Gasteiger partial charge in [0.1, 0.15) is 50.7 Å². The molecule has 0 saturated carbocycles. The van der Waals surface area contributed by atoms with Crippen LogP contribution in [0, 0.1) is 0 Å². The summed E-state index contributed by atoms with van der Waals surface area (Å²) in [6.07, 6.45) is -83.2. The van der Waals surface area contributed by atoms with Gasteiger partial charge in [-0.15, -0.1) is 0 Å². The van der Waals surface area contributed by atoms with Gasteiger partial charge in [-0.25, -0.2) is 38.0 Å². The van der Waals surface area contributed by atoms with Crippen LogP contribution in [-0.4, -0.2) is 183 Å². The van der Waals surface area contributed by atoms with Crippen LogP contribution in [0.3, 0.4) is 0 Å². The maximum Gasteiger partial charge on any atom is 0.460 e. The van der Waals surface area contributed by atoms with Gasteiger partial charge in [-0.1, -0.05) is 26.3 Å². The van der Waals surface area contributed by atoms with Gasteiger partial charge in [-0.05, 0) is 20.8 Å². The van der Waals surface area contributed by atoms with E-state index in [1.165, 1.54) is 4.74 Å². The van der Waals surface area contributed by atoms with Crippen LogP contribution in [0.1, 0.15) is 20.8 Å². The number of hydrogen-bond acceptors (Lipinski definition) is 18. The fraction of sp³-hybridized carbons (Fsp3) is 0.634. The van der Waals surface area contributed by atoms with E-state index in [4.69, 9.17) is 0 Å². The number of carbonyl (C=O) groups is 7. The summed E-state index contributed by atoms with van der Waals surface area (Å²) < 4.78 is 433. The number of ether oxygens (including phenoxy) is 11. The molecule has 514 valence electrons. The Labute approximate surface area is 474 Å². The van der Waals surface area contributed by atoms with E-state index >= 15 is 22.0 Å². The van der Waals surface area contributed by atoms with Crippen molar-refractivity contribution in [3.8, 4) is 0 Å². The number of amides is 2. The average Bonchev–Trinajstić information content (AvgIpc) is 0.860. The van der Waals surface area contributed by atoms with Gasteiger partial charge in [0.05, 0.1) is 0 Å². The quantitative estimate of drug-likeness (QED) is 0.0276. The van der Waals surface area contributed by atoms with Crippen LogP contribution >= 0.6 is 0 Å². The highest BCUT2D eigenvalue weighted by Gasteiger charge is 2.90. The van der Waals surface area contributed by atoms with Crippen molar-refractivity contribution in [1.82, 2.24) is 10.6 Å². The lowest BCUT2D eigenvalue weighted by atomic mass is 10.1. The van der Waals surface area contributed by atoms with Crippen molar-refractivity contribution in [3.63, 3.8) is 0 Å². The summed E-state index contributed by atoms with van der Waals surface area (Å²) in [6, 6.07) is 0. The zero-order valence-corrected chi connectivity index (χ0v) is 43.4. The predicted octanol–water partition coefficient (Wildman–Crippen LogP) is 9.43. The number of carbonyl (C=O) groups excluding carboxylic acids is 7. The molecule has 0 aromatic rings. The minimum Gasteiger partial charge on any atom is -0.460 e. The maximum absolute atomic E-state index is 15.7. The Hall–Kier alpha value is -7.27. The minimum atomic E-state index is -9.38. The third-order valence-corrected chi connectivity index (χ3v) is 9.68. The third-order valence-electron chi connectivity index (χ3n) is 9.68. The van der Waals surface area contributed by atoms with Crippen molar-refractivity contribution < 1.29 is 209 Å². The fourth-order valence-corrected chi connectivity index (χ4v) is 4.87. The zero-order valence-electron chi connectivity index (χ0n) is 43.4. The number of esters is 5. The molecule has 48 heteroatoms. The van der Waals surface area contributed by atoms with Crippen molar-refractivity contribution in [2.45, 2.75) is 122 Å². The second kappa shape index (κ2) is 27.9. The number of halogens is 28. The van der Waals surface area contributed by atoms with Crippen LogP contribution in [0.4, 0.5) is 133 Å². The molecule has 2 amide bonds. The van der Waals surface area contributed by atoms with Crippen molar-refractivity contribution >= 4 is 42.0 Å². The highest BCUT2D eigenvalue weighted by atomic mass is 19.4. The van der Waals surface area contributed by atoms with Crippen LogP contribution in [0.2, 0.25) is 0 Å². The topological polar surface area (TPSA) is 245 Å². The first-order chi connectivity index (χ1) is 39.4. The van der Waals surface area contributed by atoms with E-state index in [1.54, 1.807) is 15.4 Å². The Bertz CT molecular complexity index is 2540. The van der Waals surface area contributed by atoms with Gasteiger partial charge >= 0.3 is 121 Å². The number of nitrogens with one attached hydrogen (secondary N) is 2. The van der Waals surface area contributed by atoms with Gasteiger partial charge in [0.2, 0.25) is 0 Å². The summed E-state index contributed by atoms with van der Waals surface area (Å²) in [4.78, 5) is 85.4. The van der Waals surface area contributed by atoms with Gasteiger partial charge in [0, 0.05) is 24.3 Å². The van der Waals surface area contributed by atoms with Gasteiger partial charge in [-0.3, -0.25) is 18.9 Å². The van der Waals surface area contributed by atoms with Gasteiger partial charge < -0.3 is 43.8 Å². The molecule has 0 aromatic carbocycles. The third kappa shape index (κ3) is 19.6. The highest BCUT2D eigenvalue weighted by Crippen LogP contribution is 2.61. The Morgan fingerprint density at radius 3 is 0.899 bits per heavy atom. The van der Waals surface area contributed by atoms with Crippen LogP contribution in [-0.2, 0) is 76.1 Å². The van der Waals surface area contributed by atoms with Crippen LogP contribution in [0.25, 0.3) is 0 Å². The molecule has 0 radical (unpaired) electrons. The number of alkyl carbamates (subject to hydrolysis) is 2.